The van der Waals surface area contributed by atoms with Crippen LogP contribution in [0.15, 0.2) is 24.3 Å². The average Bonchev–Trinajstić information content (AvgIpc) is 2.44. The number of aromatic nitrogens is 2. The van der Waals surface area contributed by atoms with Crippen molar-refractivity contribution >= 4 is 17.4 Å². The molecule has 2 aromatic rings. The molecular weight excluding hydrogens is 277 g/mol. The lowest BCUT2D eigenvalue weighted by Crippen LogP contribution is -2.07. The van der Waals surface area contributed by atoms with E-state index in [1.54, 1.807) is 12.1 Å². The third-order valence-corrected chi connectivity index (χ3v) is 3.22. The molecule has 1 aromatic carbocycles. The van der Waals surface area contributed by atoms with E-state index < -0.39 is 5.82 Å². The molecule has 0 bridgehead atoms. The van der Waals surface area contributed by atoms with Gasteiger partial charge in [0.1, 0.15) is 17.5 Å². The van der Waals surface area contributed by atoms with Gasteiger partial charge in [0.2, 0.25) is 0 Å². The number of hydrogen-bond acceptors (Lipinski definition) is 3. The van der Waals surface area contributed by atoms with E-state index in [1.807, 2.05) is 19.9 Å². The van der Waals surface area contributed by atoms with Gasteiger partial charge in [0.05, 0.1) is 5.02 Å². The van der Waals surface area contributed by atoms with E-state index in [1.165, 1.54) is 6.07 Å². The Hall–Kier alpha value is -1.68. The molecule has 1 N–H and O–H groups in total. The molecule has 0 aliphatic heterocycles. The molecule has 3 nitrogen and oxygen atoms in total. The van der Waals surface area contributed by atoms with Gasteiger partial charge in [-0.25, -0.2) is 14.4 Å². The second kappa shape index (κ2) is 6.66. The molecule has 0 atom stereocenters. The van der Waals surface area contributed by atoms with Crippen LogP contribution in [0.25, 0.3) is 0 Å². The summed E-state index contributed by atoms with van der Waals surface area (Å²) in [5, 5.41) is 3.29. The monoisotopic (exact) mass is 293 g/mol. The van der Waals surface area contributed by atoms with Gasteiger partial charge in [-0.05, 0) is 25.0 Å². The van der Waals surface area contributed by atoms with Crippen LogP contribution in [0, 0.1) is 5.82 Å². The molecule has 0 saturated heterocycles. The van der Waals surface area contributed by atoms with Crippen LogP contribution in [-0.4, -0.2) is 16.5 Å². The zero-order valence-corrected chi connectivity index (χ0v) is 12.3. The highest BCUT2D eigenvalue weighted by Crippen LogP contribution is 2.20. The van der Waals surface area contributed by atoms with Crippen molar-refractivity contribution in [2.45, 2.75) is 26.7 Å². The zero-order chi connectivity index (χ0) is 14.5. The molecule has 0 unspecified atom stereocenters. The van der Waals surface area contributed by atoms with Crippen molar-refractivity contribution < 1.29 is 4.39 Å². The number of halogens is 2. The lowest BCUT2D eigenvalue weighted by Gasteiger charge is -2.09. The summed E-state index contributed by atoms with van der Waals surface area (Å²) in [5.41, 5.74) is 1.45. The molecule has 2 rings (SSSR count). The second-order valence-corrected chi connectivity index (χ2v) is 4.84. The second-order valence-electron chi connectivity index (χ2n) is 4.43. The SMILES string of the molecule is CCNc1cc(CC)nc(Cc2cccc(Cl)c2F)n1. The Morgan fingerprint density at radius 2 is 2.05 bits per heavy atom. The van der Waals surface area contributed by atoms with Gasteiger partial charge in [0, 0.05) is 24.7 Å². The number of hydrogen-bond donors (Lipinski definition) is 1. The van der Waals surface area contributed by atoms with E-state index in [4.69, 9.17) is 11.6 Å². The Labute approximate surface area is 123 Å². The predicted octanol–water partition coefficient (Wildman–Crippen LogP) is 3.85. The van der Waals surface area contributed by atoms with Crippen LogP contribution < -0.4 is 5.32 Å². The minimum Gasteiger partial charge on any atom is -0.370 e. The van der Waals surface area contributed by atoms with Gasteiger partial charge in [-0.15, -0.1) is 0 Å². The standard InChI is InChI=1S/C15H17ClFN3/c1-3-11-9-13(18-4-2)20-14(19-11)8-10-6-5-7-12(16)15(10)17/h5-7,9H,3-4,8H2,1-2H3,(H,18,19,20). The van der Waals surface area contributed by atoms with E-state index in [0.717, 1.165) is 24.5 Å². The quantitative estimate of drug-likeness (QED) is 0.910. The lowest BCUT2D eigenvalue weighted by molar-refractivity contribution is 0.612. The first-order chi connectivity index (χ1) is 9.63. The van der Waals surface area contributed by atoms with Crippen LogP contribution in [0.3, 0.4) is 0 Å². The van der Waals surface area contributed by atoms with Crippen LogP contribution in [0.5, 0.6) is 0 Å². The maximum atomic E-state index is 13.9. The van der Waals surface area contributed by atoms with Gasteiger partial charge in [-0.3, -0.25) is 0 Å². The Bertz CT molecular complexity index is 602. The van der Waals surface area contributed by atoms with Crippen molar-refractivity contribution in [3.63, 3.8) is 0 Å². The first kappa shape index (κ1) is 14.7. The normalized spacial score (nSPS) is 10.6. The highest BCUT2D eigenvalue weighted by atomic mass is 35.5. The van der Waals surface area contributed by atoms with Crippen molar-refractivity contribution in [3.05, 3.63) is 52.2 Å². The van der Waals surface area contributed by atoms with E-state index in [-0.39, 0.29) is 5.02 Å². The van der Waals surface area contributed by atoms with Gasteiger partial charge in [0.25, 0.3) is 0 Å². The summed E-state index contributed by atoms with van der Waals surface area (Å²) in [7, 11) is 0. The molecule has 1 heterocycles. The number of aryl methyl sites for hydroxylation is 1. The largest absolute Gasteiger partial charge is 0.370 e. The fourth-order valence-electron chi connectivity index (χ4n) is 1.94. The number of anilines is 1. The van der Waals surface area contributed by atoms with Crippen LogP contribution in [0.2, 0.25) is 5.02 Å². The number of rotatable bonds is 5. The van der Waals surface area contributed by atoms with Crippen LogP contribution in [0.4, 0.5) is 10.2 Å². The molecule has 106 valence electrons. The minimum atomic E-state index is -0.398. The summed E-state index contributed by atoms with van der Waals surface area (Å²) in [6.45, 7) is 4.82. The highest BCUT2D eigenvalue weighted by Gasteiger charge is 2.10. The molecule has 0 aliphatic carbocycles. The molecular formula is C15H17ClFN3. The molecule has 0 fully saturated rings. The van der Waals surface area contributed by atoms with Gasteiger partial charge in [-0.1, -0.05) is 30.7 Å². The van der Waals surface area contributed by atoms with E-state index in [0.29, 0.717) is 17.8 Å². The number of nitrogens with one attached hydrogen (secondary N) is 1. The third-order valence-electron chi connectivity index (χ3n) is 2.93. The number of benzene rings is 1. The predicted molar refractivity (Wildman–Crippen MR) is 79.8 cm³/mol. The first-order valence-corrected chi connectivity index (χ1v) is 7.05. The highest BCUT2D eigenvalue weighted by molar-refractivity contribution is 6.30. The Morgan fingerprint density at radius 3 is 2.75 bits per heavy atom. The third kappa shape index (κ3) is 3.45. The molecule has 0 amide bonds. The van der Waals surface area contributed by atoms with E-state index in [2.05, 4.69) is 15.3 Å². The maximum absolute atomic E-state index is 13.9. The van der Waals surface area contributed by atoms with Crippen molar-refractivity contribution in [1.82, 2.24) is 9.97 Å². The molecule has 0 spiro atoms. The fraction of sp³-hybridized carbons (Fsp3) is 0.333. The van der Waals surface area contributed by atoms with Crippen molar-refractivity contribution in [2.75, 3.05) is 11.9 Å². The van der Waals surface area contributed by atoms with Gasteiger partial charge in [0.15, 0.2) is 0 Å². The first-order valence-electron chi connectivity index (χ1n) is 6.67. The zero-order valence-electron chi connectivity index (χ0n) is 11.6. The van der Waals surface area contributed by atoms with Crippen molar-refractivity contribution in [3.8, 4) is 0 Å². The van der Waals surface area contributed by atoms with Crippen LogP contribution >= 0.6 is 11.6 Å². The number of nitrogens with zero attached hydrogens (tertiary/aromatic N) is 2. The van der Waals surface area contributed by atoms with E-state index in [9.17, 15) is 4.39 Å². The van der Waals surface area contributed by atoms with Crippen LogP contribution in [0.1, 0.15) is 30.9 Å². The molecule has 1 aromatic heterocycles. The molecule has 20 heavy (non-hydrogen) atoms. The fourth-order valence-corrected chi connectivity index (χ4v) is 2.13. The minimum absolute atomic E-state index is 0.126. The summed E-state index contributed by atoms with van der Waals surface area (Å²) >= 11 is 5.79. The smallest absolute Gasteiger partial charge is 0.145 e. The van der Waals surface area contributed by atoms with E-state index >= 15 is 0 Å². The van der Waals surface area contributed by atoms with Crippen molar-refractivity contribution in [1.29, 1.82) is 0 Å². The van der Waals surface area contributed by atoms with Gasteiger partial charge in [-0.2, -0.15) is 0 Å². The topological polar surface area (TPSA) is 37.8 Å². The van der Waals surface area contributed by atoms with Gasteiger partial charge >= 0.3 is 0 Å². The average molecular weight is 294 g/mol. The Morgan fingerprint density at radius 1 is 1.25 bits per heavy atom. The summed E-state index contributed by atoms with van der Waals surface area (Å²) in [4.78, 5) is 8.84. The molecule has 0 aliphatic rings. The molecule has 0 radical (unpaired) electrons. The summed E-state index contributed by atoms with van der Waals surface area (Å²) in [5.74, 6) is 0.975. The lowest BCUT2D eigenvalue weighted by atomic mass is 10.1. The van der Waals surface area contributed by atoms with Crippen LogP contribution in [-0.2, 0) is 12.8 Å². The summed E-state index contributed by atoms with van der Waals surface area (Å²) in [6.07, 6.45) is 1.14. The summed E-state index contributed by atoms with van der Waals surface area (Å²) in [6, 6.07) is 6.89. The molecule has 5 heteroatoms. The Balaban J connectivity index is 2.32. The van der Waals surface area contributed by atoms with Gasteiger partial charge < -0.3 is 5.32 Å². The van der Waals surface area contributed by atoms with Crippen molar-refractivity contribution in [2.24, 2.45) is 0 Å². The maximum Gasteiger partial charge on any atom is 0.145 e. The molecule has 0 saturated carbocycles. The summed E-state index contributed by atoms with van der Waals surface area (Å²) < 4.78 is 13.9. The Kier molecular flexibility index (Phi) is 4.90.